The van der Waals surface area contributed by atoms with Crippen LogP contribution in [0.4, 0.5) is 0 Å². The van der Waals surface area contributed by atoms with E-state index in [9.17, 15) is 0 Å². The van der Waals surface area contributed by atoms with Crippen LogP contribution in [0.25, 0.3) is 6.08 Å². The van der Waals surface area contributed by atoms with Crippen LogP contribution in [-0.4, -0.2) is 4.98 Å². The minimum absolute atomic E-state index is 0.552. The molecule has 0 bridgehead atoms. The first-order valence-electron chi connectivity index (χ1n) is 3.56. The molecule has 1 aromatic heterocycles. The number of aryl methyl sites for hydroxylation is 1. The highest BCUT2D eigenvalue weighted by atomic mass is 14.7. The van der Waals surface area contributed by atoms with Crippen molar-refractivity contribution in [2.75, 3.05) is 0 Å². The Balaban J connectivity index is 3.09. The van der Waals surface area contributed by atoms with E-state index in [1.807, 2.05) is 13.0 Å². The Morgan fingerprint density at radius 1 is 1.73 bits per heavy atom. The van der Waals surface area contributed by atoms with Crippen molar-refractivity contribution in [3.05, 3.63) is 35.7 Å². The second-order valence-electron chi connectivity index (χ2n) is 2.44. The molecule has 0 spiro atoms. The fraction of sp³-hybridized carbons (Fsp3) is 0.222. The zero-order valence-corrected chi connectivity index (χ0v) is 6.67. The topological polar surface area (TPSA) is 38.9 Å². The molecular formula is C9H12N2. The van der Waals surface area contributed by atoms with E-state index < -0.39 is 0 Å². The Morgan fingerprint density at radius 3 is 2.91 bits per heavy atom. The third-order valence-corrected chi connectivity index (χ3v) is 1.67. The van der Waals surface area contributed by atoms with Crippen molar-refractivity contribution in [3.63, 3.8) is 0 Å². The Morgan fingerprint density at radius 2 is 2.45 bits per heavy atom. The second-order valence-corrected chi connectivity index (χ2v) is 2.44. The van der Waals surface area contributed by atoms with Crippen LogP contribution in [0.3, 0.4) is 0 Å². The van der Waals surface area contributed by atoms with E-state index in [2.05, 4.69) is 11.6 Å². The predicted molar refractivity (Wildman–Crippen MR) is 47.0 cm³/mol. The number of aromatic nitrogens is 1. The Hall–Kier alpha value is -1.15. The summed E-state index contributed by atoms with van der Waals surface area (Å²) in [5, 5.41) is 0. The number of pyridine rings is 1. The molecule has 11 heavy (non-hydrogen) atoms. The summed E-state index contributed by atoms with van der Waals surface area (Å²) in [5.74, 6) is 0. The molecule has 0 aliphatic rings. The number of nitrogens with two attached hydrogens (primary N) is 1. The van der Waals surface area contributed by atoms with Crippen molar-refractivity contribution in [2.24, 2.45) is 5.73 Å². The summed E-state index contributed by atoms with van der Waals surface area (Å²) in [5.41, 5.74) is 8.65. The van der Waals surface area contributed by atoms with Gasteiger partial charge in [-0.2, -0.15) is 0 Å². The van der Waals surface area contributed by atoms with Gasteiger partial charge in [-0.1, -0.05) is 6.58 Å². The predicted octanol–water partition coefficient (Wildman–Crippen LogP) is 1.49. The first-order chi connectivity index (χ1) is 5.27. The molecule has 2 N–H and O–H groups in total. The van der Waals surface area contributed by atoms with Gasteiger partial charge in [0.05, 0.1) is 5.69 Å². The van der Waals surface area contributed by atoms with Gasteiger partial charge in [-0.25, -0.2) is 0 Å². The maximum atomic E-state index is 5.48. The fourth-order valence-electron chi connectivity index (χ4n) is 0.931. The highest BCUT2D eigenvalue weighted by Crippen LogP contribution is 2.07. The molecular weight excluding hydrogens is 136 g/mol. The zero-order valence-electron chi connectivity index (χ0n) is 6.67. The largest absolute Gasteiger partial charge is 0.326 e. The Kier molecular flexibility index (Phi) is 2.39. The first-order valence-corrected chi connectivity index (χ1v) is 3.56. The molecule has 0 saturated carbocycles. The summed E-state index contributed by atoms with van der Waals surface area (Å²) in [6, 6.07) is 1.98. The van der Waals surface area contributed by atoms with E-state index in [4.69, 9.17) is 5.73 Å². The quantitative estimate of drug-likeness (QED) is 0.690. The fourth-order valence-corrected chi connectivity index (χ4v) is 0.931. The van der Waals surface area contributed by atoms with Crippen LogP contribution in [-0.2, 0) is 6.54 Å². The molecule has 0 atom stereocenters. The van der Waals surface area contributed by atoms with E-state index in [0.717, 1.165) is 11.3 Å². The van der Waals surface area contributed by atoms with Crippen molar-refractivity contribution >= 4 is 6.08 Å². The van der Waals surface area contributed by atoms with E-state index in [1.165, 1.54) is 5.56 Å². The molecule has 1 heterocycles. The van der Waals surface area contributed by atoms with E-state index in [-0.39, 0.29) is 0 Å². The molecule has 0 unspecified atom stereocenters. The van der Waals surface area contributed by atoms with Crippen LogP contribution in [0.1, 0.15) is 16.8 Å². The minimum Gasteiger partial charge on any atom is -0.326 e. The van der Waals surface area contributed by atoms with Crippen LogP contribution in [0.15, 0.2) is 18.8 Å². The van der Waals surface area contributed by atoms with Gasteiger partial charge < -0.3 is 5.73 Å². The molecule has 1 rings (SSSR count). The van der Waals surface area contributed by atoms with Gasteiger partial charge in [0.15, 0.2) is 0 Å². The maximum absolute atomic E-state index is 5.48. The highest BCUT2D eigenvalue weighted by Gasteiger charge is 1.95. The van der Waals surface area contributed by atoms with E-state index in [1.54, 1.807) is 12.3 Å². The first kappa shape index (κ1) is 7.95. The average molecular weight is 148 g/mol. The Bertz CT molecular complexity index is 266. The molecule has 0 radical (unpaired) electrons. The van der Waals surface area contributed by atoms with E-state index >= 15 is 0 Å². The van der Waals surface area contributed by atoms with Gasteiger partial charge in [-0.15, -0.1) is 0 Å². The summed E-state index contributed by atoms with van der Waals surface area (Å²) in [6.45, 7) is 6.21. The van der Waals surface area contributed by atoms with Crippen LogP contribution < -0.4 is 5.73 Å². The Labute approximate surface area is 66.8 Å². The van der Waals surface area contributed by atoms with Gasteiger partial charge in [0.25, 0.3) is 0 Å². The smallest absolute Gasteiger partial charge is 0.0626 e. The van der Waals surface area contributed by atoms with Gasteiger partial charge in [0.1, 0.15) is 0 Å². The summed E-state index contributed by atoms with van der Waals surface area (Å²) in [4.78, 5) is 4.13. The third kappa shape index (κ3) is 1.65. The molecule has 0 aromatic carbocycles. The van der Waals surface area contributed by atoms with Crippen molar-refractivity contribution in [1.29, 1.82) is 0 Å². The lowest BCUT2D eigenvalue weighted by atomic mass is 10.1. The van der Waals surface area contributed by atoms with Gasteiger partial charge in [0.2, 0.25) is 0 Å². The van der Waals surface area contributed by atoms with Crippen molar-refractivity contribution < 1.29 is 0 Å². The normalized spacial score (nSPS) is 9.64. The maximum Gasteiger partial charge on any atom is 0.0626 e. The number of rotatable bonds is 2. The molecule has 0 aliphatic heterocycles. The van der Waals surface area contributed by atoms with Crippen LogP contribution in [0, 0.1) is 6.92 Å². The van der Waals surface area contributed by atoms with Gasteiger partial charge in [0, 0.05) is 12.7 Å². The number of hydrogen-bond donors (Lipinski definition) is 1. The van der Waals surface area contributed by atoms with Crippen molar-refractivity contribution in [2.45, 2.75) is 13.5 Å². The monoisotopic (exact) mass is 148 g/mol. The molecule has 0 fully saturated rings. The number of hydrogen-bond acceptors (Lipinski definition) is 2. The van der Waals surface area contributed by atoms with Crippen molar-refractivity contribution in [3.8, 4) is 0 Å². The SMILES string of the molecule is C=Cc1cc(C)c(CN)cn1. The summed E-state index contributed by atoms with van der Waals surface area (Å²) >= 11 is 0. The zero-order chi connectivity index (χ0) is 8.27. The second kappa shape index (κ2) is 3.30. The lowest BCUT2D eigenvalue weighted by Crippen LogP contribution is -2.00. The third-order valence-electron chi connectivity index (χ3n) is 1.67. The average Bonchev–Trinajstić information content (AvgIpc) is 2.04. The lowest BCUT2D eigenvalue weighted by molar-refractivity contribution is 1.02. The number of nitrogens with zero attached hydrogens (tertiary/aromatic N) is 1. The lowest BCUT2D eigenvalue weighted by Gasteiger charge is -2.01. The molecule has 0 aliphatic carbocycles. The van der Waals surface area contributed by atoms with Crippen molar-refractivity contribution in [1.82, 2.24) is 4.98 Å². The molecule has 0 saturated heterocycles. The molecule has 0 amide bonds. The summed E-state index contributed by atoms with van der Waals surface area (Å²) in [7, 11) is 0. The van der Waals surface area contributed by atoms with E-state index in [0.29, 0.717) is 6.54 Å². The van der Waals surface area contributed by atoms with Gasteiger partial charge in [-0.3, -0.25) is 4.98 Å². The highest BCUT2D eigenvalue weighted by molar-refractivity contribution is 5.44. The standard InChI is InChI=1S/C9H12N2/c1-3-9-4-7(2)8(5-10)6-11-9/h3-4,6H,1,5,10H2,2H3. The van der Waals surface area contributed by atoms with Gasteiger partial charge in [-0.05, 0) is 30.2 Å². The summed E-state index contributed by atoms with van der Waals surface area (Å²) in [6.07, 6.45) is 3.53. The van der Waals surface area contributed by atoms with Crippen LogP contribution >= 0.6 is 0 Å². The molecule has 1 aromatic rings. The summed E-state index contributed by atoms with van der Waals surface area (Å²) < 4.78 is 0. The van der Waals surface area contributed by atoms with Gasteiger partial charge >= 0.3 is 0 Å². The molecule has 58 valence electrons. The molecule has 2 heteroatoms. The minimum atomic E-state index is 0.552. The molecule has 2 nitrogen and oxygen atoms in total. The van der Waals surface area contributed by atoms with Crippen LogP contribution in [0.5, 0.6) is 0 Å². The van der Waals surface area contributed by atoms with Crippen LogP contribution in [0.2, 0.25) is 0 Å².